The van der Waals surface area contributed by atoms with Crippen LogP contribution in [0.25, 0.3) is 0 Å². The molecule has 0 aromatic rings. The Bertz CT molecular complexity index is 1420. The number of cyclic esters (lactones) is 1. The second kappa shape index (κ2) is 26.5. The molecular formula is C45H70O14. The summed E-state index contributed by atoms with van der Waals surface area (Å²) < 4.78 is 23.5. The van der Waals surface area contributed by atoms with Gasteiger partial charge >= 0.3 is 5.97 Å². The van der Waals surface area contributed by atoms with E-state index < -0.39 is 85.2 Å². The summed E-state index contributed by atoms with van der Waals surface area (Å²) in [5, 5.41) is 95.8. The number of esters is 1. The number of hydrogen-bond donors (Lipinski definition) is 9. The van der Waals surface area contributed by atoms with E-state index in [2.05, 4.69) is 0 Å². The number of aliphatic hydroxyl groups excluding tert-OH is 8. The number of carbonyl (C=O) groups excluding carboxylic acids is 1. The number of fused-ring (bicyclic) bond motifs is 2. The molecule has 14 heteroatoms. The van der Waals surface area contributed by atoms with Crippen LogP contribution in [0.3, 0.4) is 0 Å². The summed E-state index contributed by atoms with van der Waals surface area (Å²) in [6.07, 6.45) is 14.5. The first-order chi connectivity index (χ1) is 28.0. The van der Waals surface area contributed by atoms with Gasteiger partial charge in [0.15, 0.2) is 12.1 Å². The van der Waals surface area contributed by atoms with Crippen molar-refractivity contribution in [3.05, 3.63) is 85.1 Å². The lowest BCUT2D eigenvalue weighted by atomic mass is 9.86. The zero-order valence-corrected chi connectivity index (χ0v) is 34.7. The lowest BCUT2D eigenvalue weighted by Crippen LogP contribution is -2.50. The molecule has 0 aliphatic carbocycles. The van der Waals surface area contributed by atoms with Gasteiger partial charge in [0, 0.05) is 31.6 Å². The summed E-state index contributed by atoms with van der Waals surface area (Å²) in [6, 6.07) is 0. The zero-order valence-electron chi connectivity index (χ0n) is 34.7. The molecule has 0 aromatic heterocycles. The second-order valence-electron chi connectivity index (χ2n) is 16.4. The summed E-state index contributed by atoms with van der Waals surface area (Å²) in [5.74, 6) is -2.83. The summed E-state index contributed by atoms with van der Waals surface area (Å²) in [5.41, 5.74) is 0. The molecule has 0 spiro atoms. The minimum atomic E-state index is -1.77. The highest BCUT2D eigenvalue weighted by Gasteiger charge is 2.43. The SMILES string of the molecule is CC1COC(=O)CC(O)CC(O)CC(O)CCC(O)C(O)CC2(O)CCC(C)C(CC(OC3O[C@H](C)C(O)C[C@@H]3O)/C=C/C=C/C=C/C=C/C=C/C=C/C=C/CC1O)O2. The molecule has 0 saturated carbocycles. The molecule has 2 saturated heterocycles. The number of hydrogen-bond acceptors (Lipinski definition) is 14. The van der Waals surface area contributed by atoms with Crippen molar-refractivity contribution in [2.24, 2.45) is 11.8 Å². The summed E-state index contributed by atoms with van der Waals surface area (Å²) in [4.78, 5) is 12.3. The Hall–Kier alpha value is -2.83. The molecule has 59 heavy (non-hydrogen) atoms. The van der Waals surface area contributed by atoms with E-state index in [9.17, 15) is 50.8 Å². The van der Waals surface area contributed by atoms with E-state index in [0.29, 0.717) is 12.8 Å². The molecule has 3 rings (SSSR count). The molecule has 13 unspecified atom stereocenters. The van der Waals surface area contributed by atoms with Gasteiger partial charge in [0.1, 0.15) is 6.10 Å². The predicted molar refractivity (Wildman–Crippen MR) is 221 cm³/mol. The van der Waals surface area contributed by atoms with Gasteiger partial charge in [0.05, 0.1) is 74.1 Å². The summed E-state index contributed by atoms with van der Waals surface area (Å²) in [7, 11) is 0. The molecule has 334 valence electrons. The zero-order chi connectivity index (χ0) is 43.4. The number of rotatable bonds is 2. The highest BCUT2D eigenvalue weighted by Crippen LogP contribution is 2.37. The minimum Gasteiger partial charge on any atom is -0.465 e. The quantitative estimate of drug-likeness (QED) is 0.182. The van der Waals surface area contributed by atoms with Gasteiger partial charge in [-0.15, -0.1) is 0 Å². The normalized spacial score (nSPS) is 43.9. The maximum Gasteiger partial charge on any atom is 0.308 e. The van der Waals surface area contributed by atoms with Crippen LogP contribution in [0.5, 0.6) is 0 Å². The largest absolute Gasteiger partial charge is 0.465 e. The average Bonchev–Trinajstić information content (AvgIpc) is 3.17. The third-order valence-electron chi connectivity index (χ3n) is 10.9. The third kappa shape index (κ3) is 19.6. The number of ether oxygens (including phenoxy) is 4. The molecule has 0 aromatic carbocycles. The van der Waals surface area contributed by atoms with Crippen molar-refractivity contribution in [1.82, 2.24) is 0 Å². The van der Waals surface area contributed by atoms with Gasteiger partial charge in [-0.25, -0.2) is 0 Å². The van der Waals surface area contributed by atoms with Crippen molar-refractivity contribution in [1.29, 1.82) is 0 Å². The Balaban J connectivity index is 1.73. The van der Waals surface area contributed by atoms with E-state index >= 15 is 0 Å². The van der Waals surface area contributed by atoms with Crippen LogP contribution < -0.4 is 0 Å². The van der Waals surface area contributed by atoms with E-state index in [1.165, 1.54) is 0 Å². The van der Waals surface area contributed by atoms with E-state index in [1.54, 1.807) is 38.2 Å². The molecular weight excluding hydrogens is 764 g/mol. The summed E-state index contributed by atoms with van der Waals surface area (Å²) in [6.45, 7) is 5.38. The molecule has 9 N–H and O–H groups in total. The van der Waals surface area contributed by atoms with E-state index in [4.69, 9.17) is 18.9 Å². The van der Waals surface area contributed by atoms with Crippen LogP contribution in [0.1, 0.15) is 91.4 Å². The van der Waals surface area contributed by atoms with Crippen LogP contribution in [-0.2, 0) is 23.7 Å². The highest BCUT2D eigenvalue weighted by atomic mass is 16.7. The second-order valence-corrected chi connectivity index (χ2v) is 16.4. The molecule has 0 radical (unpaired) electrons. The van der Waals surface area contributed by atoms with Crippen LogP contribution >= 0.6 is 0 Å². The molecule has 15 atom stereocenters. The maximum atomic E-state index is 12.3. The predicted octanol–water partition coefficient (Wildman–Crippen LogP) is 3.10. The van der Waals surface area contributed by atoms with Crippen molar-refractivity contribution in [3.63, 3.8) is 0 Å². The van der Waals surface area contributed by atoms with E-state index in [1.807, 2.05) is 67.7 Å². The van der Waals surface area contributed by atoms with Crippen LogP contribution in [0.2, 0.25) is 0 Å². The highest BCUT2D eigenvalue weighted by molar-refractivity contribution is 5.69. The van der Waals surface area contributed by atoms with Crippen molar-refractivity contribution >= 4 is 5.97 Å². The first-order valence-corrected chi connectivity index (χ1v) is 21.0. The standard InChI is InChI=1S/C45H70O14/c1-30-21-22-45(55)28-41(53)38(50)20-19-33(46)23-34(47)24-35(48)25-43(54)56-29-31(2)37(49)18-16-14-12-10-8-6-4-5-7-9-11-13-15-17-36(26-42(30)59-45)58-44-40(52)27-39(51)32(3)57-44/h4-17,30-42,44,46-53,55H,18-29H2,1-3H3/b5-4+,8-6+,9-7+,12-10+,13-11+,16-14+,17-15+/t30?,31?,32-,33?,34?,35?,36?,37?,38?,39?,40+,41?,42?,44?,45?/m1/s1. The molecule has 0 amide bonds. The van der Waals surface area contributed by atoms with Gasteiger partial charge in [0.25, 0.3) is 0 Å². The van der Waals surface area contributed by atoms with E-state index in [0.717, 1.165) is 0 Å². The van der Waals surface area contributed by atoms with Gasteiger partial charge in [-0.1, -0.05) is 98.9 Å². The van der Waals surface area contributed by atoms with E-state index in [-0.39, 0.29) is 76.2 Å². The Labute approximate surface area is 349 Å². The molecule has 3 aliphatic heterocycles. The number of carbonyl (C=O) groups is 1. The van der Waals surface area contributed by atoms with Crippen molar-refractivity contribution in [2.45, 2.75) is 171 Å². The maximum absolute atomic E-state index is 12.3. The van der Waals surface area contributed by atoms with Crippen LogP contribution in [-0.4, -0.2) is 138 Å². The smallest absolute Gasteiger partial charge is 0.308 e. The molecule has 2 fully saturated rings. The van der Waals surface area contributed by atoms with Crippen molar-refractivity contribution < 1.29 is 69.7 Å². The van der Waals surface area contributed by atoms with Gasteiger partial charge in [-0.3, -0.25) is 4.79 Å². The Morgan fingerprint density at radius 1 is 0.627 bits per heavy atom. The van der Waals surface area contributed by atoms with Crippen LogP contribution in [0.15, 0.2) is 85.1 Å². The fourth-order valence-electron chi connectivity index (χ4n) is 7.06. The monoisotopic (exact) mass is 834 g/mol. The fourth-order valence-corrected chi connectivity index (χ4v) is 7.06. The first kappa shape index (κ1) is 50.5. The topological polar surface area (TPSA) is 236 Å². The average molecular weight is 835 g/mol. The molecule has 3 heterocycles. The minimum absolute atomic E-state index is 0.00608. The molecule has 14 nitrogen and oxygen atoms in total. The summed E-state index contributed by atoms with van der Waals surface area (Å²) >= 11 is 0. The lowest BCUT2D eigenvalue weighted by Gasteiger charge is -2.43. The third-order valence-corrected chi connectivity index (χ3v) is 10.9. The van der Waals surface area contributed by atoms with Crippen molar-refractivity contribution in [3.8, 4) is 0 Å². The number of aliphatic hydroxyl groups is 9. The molecule has 3 aliphatic rings. The fraction of sp³-hybridized carbons (Fsp3) is 0.667. The van der Waals surface area contributed by atoms with Gasteiger partial charge in [0.2, 0.25) is 0 Å². The Morgan fingerprint density at radius 2 is 1.24 bits per heavy atom. The van der Waals surface area contributed by atoms with Crippen LogP contribution in [0.4, 0.5) is 0 Å². The molecule has 2 bridgehead atoms. The van der Waals surface area contributed by atoms with Gasteiger partial charge in [-0.05, 0) is 51.4 Å². The van der Waals surface area contributed by atoms with Crippen LogP contribution in [0, 0.1) is 11.8 Å². The van der Waals surface area contributed by atoms with Gasteiger partial charge in [-0.2, -0.15) is 0 Å². The lowest BCUT2D eigenvalue weighted by molar-refractivity contribution is -0.295. The Morgan fingerprint density at radius 3 is 1.90 bits per heavy atom. The van der Waals surface area contributed by atoms with Gasteiger partial charge < -0.3 is 64.9 Å². The first-order valence-electron chi connectivity index (χ1n) is 21.0. The number of allylic oxidation sites excluding steroid dienone is 12. The Kier molecular flexibility index (Phi) is 22.7. The van der Waals surface area contributed by atoms with Crippen molar-refractivity contribution in [2.75, 3.05) is 6.61 Å².